The van der Waals surface area contributed by atoms with E-state index in [2.05, 4.69) is 29.2 Å². The summed E-state index contributed by atoms with van der Waals surface area (Å²) in [5.74, 6) is 0.449. The zero-order valence-corrected chi connectivity index (χ0v) is 22.1. The van der Waals surface area contributed by atoms with E-state index in [1.54, 1.807) is 0 Å². The van der Waals surface area contributed by atoms with Gasteiger partial charge in [-0.05, 0) is 80.4 Å². The Balaban J connectivity index is 1.19. The average molecular weight is 530 g/mol. The maximum absolute atomic E-state index is 13.0. The van der Waals surface area contributed by atoms with Crippen molar-refractivity contribution in [2.24, 2.45) is 5.92 Å². The summed E-state index contributed by atoms with van der Waals surface area (Å²) in [6, 6.07) is 14.3. The van der Waals surface area contributed by atoms with Crippen molar-refractivity contribution in [2.75, 3.05) is 39.3 Å². The van der Waals surface area contributed by atoms with Crippen LogP contribution in [0, 0.1) is 5.92 Å². The Labute approximate surface area is 223 Å². The summed E-state index contributed by atoms with van der Waals surface area (Å²) < 4.78 is 6.51. The molecule has 6 rings (SSSR count). The lowest BCUT2D eigenvalue weighted by Gasteiger charge is -2.46. The van der Waals surface area contributed by atoms with Crippen LogP contribution in [0.3, 0.4) is 0 Å². The van der Waals surface area contributed by atoms with E-state index in [9.17, 15) is 9.90 Å². The van der Waals surface area contributed by atoms with E-state index < -0.39 is 5.60 Å². The van der Waals surface area contributed by atoms with Crippen molar-refractivity contribution in [2.45, 2.75) is 55.6 Å². The first-order valence-electron chi connectivity index (χ1n) is 13.3. The van der Waals surface area contributed by atoms with Crippen LogP contribution in [0.2, 0.25) is 10.0 Å². The number of ether oxygens (including phenoxy) is 1. The highest BCUT2D eigenvalue weighted by molar-refractivity contribution is 6.42. The first-order chi connectivity index (χ1) is 17.4. The molecule has 2 aliphatic heterocycles. The van der Waals surface area contributed by atoms with Gasteiger partial charge in [-0.25, -0.2) is 0 Å². The van der Waals surface area contributed by atoms with Crippen LogP contribution in [-0.2, 0) is 27.0 Å². The monoisotopic (exact) mass is 528 g/mol. The molecular weight excluding hydrogens is 495 g/mol. The maximum atomic E-state index is 13.0. The molecule has 7 heteroatoms. The van der Waals surface area contributed by atoms with E-state index in [0.717, 1.165) is 63.7 Å². The quantitative estimate of drug-likeness (QED) is 0.605. The second-order valence-electron chi connectivity index (χ2n) is 11.1. The highest BCUT2D eigenvalue weighted by Gasteiger charge is 2.48. The predicted molar refractivity (Wildman–Crippen MR) is 142 cm³/mol. The van der Waals surface area contributed by atoms with Gasteiger partial charge >= 0.3 is 0 Å². The van der Waals surface area contributed by atoms with Crippen molar-refractivity contribution in [3.05, 3.63) is 69.2 Å². The van der Waals surface area contributed by atoms with Gasteiger partial charge in [0.05, 0.1) is 29.3 Å². The third-order valence-corrected chi connectivity index (χ3v) is 9.79. The van der Waals surface area contributed by atoms with Gasteiger partial charge in [-0.1, -0.05) is 53.5 Å². The van der Waals surface area contributed by atoms with Crippen LogP contribution in [0.4, 0.5) is 0 Å². The van der Waals surface area contributed by atoms with Gasteiger partial charge in [-0.2, -0.15) is 0 Å². The normalized spacial score (nSPS) is 27.9. The molecular formula is C29H34Cl2N2O3. The van der Waals surface area contributed by atoms with Crippen LogP contribution in [0.15, 0.2) is 42.5 Å². The number of aliphatic hydroxyl groups excluding tert-OH is 1. The van der Waals surface area contributed by atoms with Crippen LogP contribution in [-0.4, -0.2) is 66.2 Å². The molecule has 1 N–H and O–H groups in total. The largest absolute Gasteiger partial charge is 0.392 e. The number of piperidine rings is 1. The second-order valence-corrected chi connectivity index (χ2v) is 11.9. The van der Waals surface area contributed by atoms with Gasteiger partial charge in [-0.3, -0.25) is 4.79 Å². The standard InChI is InChI=1S/C29H34Cl2N2O3/c30-24-8-7-22(18-25(24)31)29(19-33(15-16-36-29)27(35)20-5-6-20)11-14-32-12-9-28(10-13-32)23-4-2-1-3-21(23)17-26(28)34/h1-4,7-8,18,20,26,34H,5-6,9-17,19H2/t26?,29-/m0/s1. The lowest BCUT2D eigenvalue weighted by molar-refractivity contribution is -0.156. The minimum Gasteiger partial charge on any atom is -0.392 e. The third-order valence-electron chi connectivity index (χ3n) is 9.05. The molecule has 2 aromatic rings. The lowest BCUT2D eigenvalue weighted by Crippen LogP contribution is -2.54. The lowest BCUT2D eigenvalue weighted by atomic mass is 9.72. The molecule has 2 atom stereocenters. The first kappa shape index (κ1) is 24.7. The molecule has 0 aromatic heterocycles. The number of halogens is 2. The fourth-order valence-corrected chi connectivity index (χ4v) is 6.99. The van der Waals surface area contributed by atoms with Crippen molar-refractivity contribution < 1.29 is 14.6 Å². The Morgan fingerprint density at radius 3 is 2.58 bits per heavy atom. The van der Waals surface area contributed by atoms with E-state index in [0.29, 0.717) is 29.7 Å². The number of fused-ring (bicyclic) bond motifs is 2. The Bertz CT molecular complexity index is 1150. The number of nitrogens with zero attached hydrogens (tertiary/aromatic N) is 2. The van der Waals surface area contributed by atoms with Gasteiger partial charge in [0.25, 0.3) is 0 Å². The number of hydrogen-bond donors (Lipinski definition) is 1. The molecule has 0 radical (unpaired) electrons. The van der Waals surface area contributed by atoms with Gasteiger partial charge in [-0.15, -0.1) is 0 Å². The smallest absolute Gasteiger partial charge is 0.225 e. The number of likely N-dealkylation sites (tertiary alicyclic amines) is 1. The van der Waals surface area contributed by atoms with Gasteiger partial charge < -0.3 is 19.6 Å². The Morgan fingerprint density at radius 2 is 1.83 bits per heavy atom. The number of benzene rings is 2. The Kier molecular flexibility index (Phi) is 6.58. The van der Waals surface area contributed by atoms with Gasteiger partial charge in [0.2, 0.25) is 5.91 Å². The van der Waals surface area contributed by atoms with Gasteiger partial charge in [0.15, 0.2) is 0 Å². The van der Waals surface area contributed by atoms with E-state index in [1.165, 1.54) is 11.1 Å². The van der Waals surface area contributed by atoms with Crippen molar-refractivity contribution in [1.29, 1.82) is 0 Å². The molecule has 1 amide bonds. The van der Waals surface area contributed by atoms with Crippen molar-refractivity contribution in [1.82, 2.24) is 9.80 Å². The van der Waals surface area contributed by atoms with Crippen molar-refractivity contribution in [3.8, 4) is 0 Å². The second kappa shape index (κ2) is 9.59. The summed E-state index contributed by atoms with van der Waals surface area (Å²) in [7, 11) is 0. The molecule has 1 saturated carbocycles. The molecule has 0 bridgehead atoms. The minimum atomic E-state index is -0.606. The van der Waals surface area contributed by atoms with Crippen LogP contribution < -0.4 is 0 Å². The Hall–Kier alpha value is -1.63. The van der Waals surface area contributed by atoms with Gasteiger partial charge in [0, 0.05) is 24.4 Å². The molecule has 4 aliphatic rings. The maximum Gasteiger partial charge on any atom is 0.225 e. The van der Waals surface area contributed by atoms with Crippen LogP contribution in [0.5, 0.6) is 0 Å². The zero-order chi connectivity index (χ0) is 24.9. The number of rotatable bonds is 5. The molecule has 1 spiro atoms. The summed E-state index contributed by atoms with van der Waals surface area (Å²) in [4.78, 5) is 17.5. The number of carbonyl (C=O) groups is 1. The average Bonchev–Trinajstić information content (AvgIpc) is 3.71. The molecule has 36 heavy (non-hydrogen) atoms. The number of hydrogen-bond acceptors (Lipinski definition) is 4. The number of carbonyl (C=O) groups excluding carboxylic acids is 1. The van der Waals surface area contributed by atoms with E-state index in [4.69, 9.17) is 27.9 Å². The fourth-order valence-electron chi connectivity index (χ4n) is 6.69. The molecule has 1 unspecified atom stereocenters. The first-order valence-corrected chi connectivity index (χ1v) is 14.0. The summed E-state index contributed by atoms with van der Waals surface area (Å²) in [5.41, 5.74) is 2.90. The predicted octanol–water partition coefficient (Wildman–Crippen LogP) is 4.80. The highest BCUT2D eigenvalue weighted by atomic mass is 35.5. The summed E-state index contributed by atoms with van der Waals surface area (Å²) >= 11 is 12.7. The van der Waals surface area contributed by atoms with Crippen LogP contribution >= 0.6 is 23.2 Å². The fraction of sp³-hybridized carbons (Fsp3) is 0.552. The molecule has 192 valence electrons. The topological polar surface area (TPSA) is 53.0 Å². The van der Waals surface area contributed by atoms with Crippen LogP contribution in [0.25, 0.3) is 0 Å². The van der Waals surface area contributed by atoms with Crippen molar-refractivity contribution >= 4 is 29.1 Å². The van der Waals surface area contributed by atoms with E-state index >= 15 is 0 Å². The SMILES string of the molecule is O=C(C1CC1)N1CCO[C@](CCN2CCC3(CC2)c2ccccc2CC3O)(c2ccc(Cl)c(Cl)c2)C1. The minimum absolute atomic E-state index is 0.122. The zero-order valence-electron chi connectivity index (χ0n) is 20.6. The van der Waals surface area contributed by atoms with E-state index in [1.807, 2.05) is 23.1 Å². The summed E-state index contributed by atoms with van der Waals surface area (Å²) in [6.07, 6.45) is 5.14. The highest BCUT2D eigenvalue weighted by Crippen LogP contribution is 2.47. The molecule has 2 heterocycles. The summed E-state index contributed by atoms with van der Waals surface area (Å²) in [5, 5.41) is 12.0. The number of amides is 1. The molecule has 3 fully saturated rings. The van der Waals surface area contributed by atoms with E-state index in [-0.39, 0.29) is 23.3 Å². The van der Waals surface area contributed by atoms with Crippen molar-refractivity contribution in [3.63, 3.8) is 0 Å². The molecule has 2 aromatic carbocycles. The molecule has 2 saturated heterocycles. The summed E-state index contributed by atoms with van der Waals surface area (Å²) in [6.45, 7) is 4.44. The van der Waals surface area contributed by atoms with Gasteiger partial charge in [0.1, 0.15) is 5.60 Å². The number of morpholine rings is 1. The molecule has 5 nitrogen and oxygen atoms in total. The Morgan fingerprint density at radius 1 is 1.06 bits per heavy atom. The third kappa shape index (κ3) is 4.37. The number of aliphatic hydroxyl groups is 1. The van der Waals surface area contributed by atoms with Crippen LogP contribution in [0.1, 0.15) is 48.8 Å². The molecule has 2 aliphatic carbocycles.